The maximum atomic E-state index is 13.5. The van der Waals surface area contributed by atoms with E-state index in [1.54, 1.807) is 42.5 Å². The van der Waals surface area contributed by atoms with Gasteiger partial charge in [-0.1, -0.05) is 32.1 Å². The van der Waals surface area contributed by atoms with Crippen molar-refractivity contribution >= 4 is 92.2 Å². The first-order valence-electron chi connectivity index (χ1n) is 28.7. The topological polar surface area (TPSA) is 412 Å². The number of carboxylic acids is 1. The molecule has 0 bridgehead atoms. The van der Waals surface area contributed by atoms with Crippen LogP contribution in [0.2, 0.25) is 0 Å². The van der Waals surface area contributed by atoms with Gasteiger partial charge >= 0.3 is 5.97 Å². The molecule has 3 aliphatic rings. The number of nitrogen functional groups attached to an aromatic ring is 1. The van der Waals surface area contributed by atoms with Crippen LogP contribution in [0.4, 0.5) is 23.0 Å². The number of allylic oxidation sites excluding steroid dienone is 7. The molecular formula is C61H67N9O17S4. The van der Waals surface area contributed by atoms with Gasteiger partial charge in [-0.3, -0.25) is 28.2 Å². The number of amides is 1. The summed E-state index contributed by atoms with van der Waals surface area (Å²) in [7, 11) is -18.0. The first-order chi connectivity index (χ1) is 42.7. The number of benzene rings is 4. The van der Waals surface area contributed by atoms with Crippen molar-refractivity contribution in [3.8, 4) is 5.75 Å². The van der Waals surface area contributed by atoms with E-state index in [2.05, 4.69) is 30.6 Å². The highest BCUT2D eigenvalue weighted by atomic mass is 32.2. The minimum absolute atomic E-state index is 0.0114. The molecule has 0 fully saturated rings. The van der Waals surface area contributed by atoms with E-state index in [-0.39, 0.29) is 72.9 Å². The third kappa shape index (κ3) is 16.0. The number of fused-ring (bicyclic) bond motifs is 3. The average molecular weight is 1330 g/mol. The Kier molecular flexibility index (Phi) is 19.4. The van der Waals surface area contributed by atoms with Crippen LogP contribution in [0.25, 0.3) is 11.2 Å². The lowest BCUT2D eigenvalue weighted by Gasteiger charge is -2.27. The Morgan fingerprint density at radius 2 is 1.48 bits per heavy atom. The molecule has 1 aliphatic carbocycles. The SMILES string of the molecule is CC1(C)C(=CC=C2CCCC(C=CC3=[N+](CCCCS(=O)(=O)O)c4ccc(S(=O)(=O)[O-])cc4C3(C)C)=C2Oc2ccc(CC(NC(=O)c3ccc(NCc4cnc5nc(N)[nH]c(=O)c5n4)cc3)C(=O)O)cc2)N(CCCCS(=O)(=O)O)c2ccc(S(=O)(=O)O)cc21. The minimum atomic E-state index is -4.87. The first kappa shape index (κ1) is 66.9. The summed E-state index contributed by atoms with van der Waals surface area (Å²) >= 11 is 0. The summed E-state index contributed by atoms with van der Waals surface area (Å²) in [6.45, 7) is 8.11. The van der Waals surface area contributed by atoms with Crippen LogP contribution in [0.5, 0.6) is 5.75 Å². The lowest BCUT2D eigenvalue weighted by Crippen LogP contribution is -2.42. The molecule has 0 saturated carbocycles. The zero-order chi connectivity index (χ0) is 66.0. The molecule has 1 atom stereocenters. The summed E-state index contributed by atoms with van der Waals surface area (Å²) in [5.74, 6) is -2.26. The fourth-order valence-electron chi connectivity index (χ4n) is 11.4. The van der Waals surface area contributed by atoms with E-state index >= 15 is 0 Å². The van der Waals surface area contributed by atoms with Gasteiger partial charge in [-0.15, -0.1) is 0 Å². The fraction of sp³-hybridized carbons (Fsp3) is 0.328. The molecule has 2 aliphatic heterocycles. The number of ether oxygens (including phenoxy) is 1. The number of nitrogens with zero attached hydrogens (tertiary/aromatic N) is 5. The number of hydrogen-bond acceptors (Lipinski definition) is 19. The molecule has 0 saturated heterocycles. The highest BCUT2D eigenvalue weighted by Gasteiger charge is 2.45. The van der Waals surface area contributed by atoms with E-state index in [1.807, 2.05) is 61.5 Å². The Hall–Kier alpha value is -8.49. The number of carbonyl (C=O) groups excluding carboxylic acids is 1. The highest BCUT2D eigenvalue weighted by Crippen LogP contribution is 2.49. The number of aromatic amines is 1. The summed E-state index contributed by atoms with van der Waals surface area (Å²) in [4.78, 5) is 54.5. The maximum Gasteiger partial charge on any atom is 0.326 e. The lowest BCUT2D eigenvalue weighted by atomic mass is 9.81. The Bertz CT molecular complexity index is 4580. The van der Waals surface area contributed by atoms with E-state index in [1.165, 1.54) is 48.7 Å². The zero-order valence-corrected chi connectivity index (χ0v) is 53.0. The average Bonchev–Trinajstić information content (AvgIpc) is 1.60. The number of nitrogens with one attached hydrogen (secondary N) is 3. The van der Waals surface area contributed by atoms with E-state index in [4.69, 9.17) is 10.5 Å². The van der Waals surface area contributed by atoms with Crippen LogP contribution >= 0.6 is 0 Å². The number of carbonyl (C=O) groups is 2. The molecule has 9 rings (SSSR count). The molecule has 4 aromatic carbocycles. The second-order valence-corrected chi connectivity index (χ2v) is 29.2. The molecule has 91 heavy (non-hydrogen) atoms. The van der Waals surface area contributed by atoms with Crippen LogP contribution in [0, 0.1) is 0 Å². The number of nitrogens with two attached hydrogens (primary N) is 1. The molecule has 9 N–H and O–H groups in total. The second-order valence-electron chi connectivity index (χ2n) is 23.2. The van der Waals surface area contributed by atoms with Gasteiger partial charge in [-0.05, 0) is 154 Å². The number of hydrogen-bond donors (Lipinski definition) is 8. The maximum absolute atomic E-state index is 13.5. The quantitative estimate of drug-likeness (QED) is 0.0164. The Morgan fingerprint density at radius 1 is 0.813 bits per heavy atom. The van der Waals surface area contributed by atoms with Gasteiger partial charge in [0.05, 0.1) is 45.1 Å². The van der Waals surface area contributed by atoms with E-state index < -0.39 is 91.2 Å². The van der Waals surface area contributed by atoms with Crippen LogP contribution in [0.1, 0.15) is 105 Å². The van der Waals surface area contributed by atoms with Crippen LogP contribution in [0.15, 0.2) is 153 Å². The van der Waals surface area contributed by atoms with Crippen molar-refractivity contribution in [3.63, 3.8) is 0 Å². The van der Waals surface area contributed by atoms with Gasteiger partial charge in [0.25, 0.3) is 41.8 Å². The predicted molar refractivity (Wildman–Crippen MR) is 337 cm³/mol. The third-order valence-electron chi connectivity index (χ3n) is 16.0. The Labute approximate surface area is 525 Å². The van der Waals surface area contributed by atoms with Crippen molar-refractivity contribution in [1.29, 1.82) is 0 Å². The summed E-state index contributed by atoms with van der Waals surface area (Å²) in [5.41, 5.74) is 10.0. The number of aromatic nitrogens is 4. The van der Waals surface area contributed by atoms with E-state index in [9.17, 15) is 71.4 Å². The van der Waals surface area contributed by atoms with Gasteiger partial charge in [-0.2, -0.15) is 34.8 Å². The van der Waals surface area contributed by atoms with Gasteiger partial charge in [0.15, 0.2) is 16.9 Å². The molecule has 0 radical (unpaired) electrons. The number of rotatable bonds is 25. The summed E-state index contributed by atoms with van der Waals surface area (Å²) in [6.07, 6.45) is 11.1. The van der Waals surface area contributed by atoms with Crippen molar-refractivity contribution in [2.75, 3.05) is 40.5 Å². The fourth-order valence-corrected chi connectivity index (χ4v) is 13.5. The number of aliphatic carboxylic acids is 1. The van der Waals surface area contributed by atoms with Gasteiger partial charge in [-0.25, -0.2) is 23.2 Å². The van der Waals surface area contributed by atoms with Gasteiger partial charge in [0, 0.05) is 65.1 Å². The number of unbranched alkanes of at least 4 members (excludes halogenated alkanes) is 2. The molecule has 26 nitrogen and oxygen atoms in total. The summed E-state index contributed by atoms with van der Waals surface area (Å²) in [6, 6.07) is 19.8. The van der Waals surface area contributed by atoms with E-state index in [0.717, 1.165) is 0 Å². The Morgan fingerprint density at radius 3 is 2.14 bits per heavy atom. The van der Waals surface area contributed by atoms with Crippen molar-refractivity contribution in [3.05, 3.63) is 176 Å². The molecule has 30 heteroatoms. The van der Waals surface area contributed by atoms with Crippen molar-refractivity contribution < 1.29 is 75.9 Å². The Balaban J connectivity index is 1.02. The smallest absolute Gasteiger partial charge is 0.326 e. The number of H-pyrrole nitrogens is 1. The lowest BCUT2D eigenvalue weighted by molar-refractivity contribution is -0.438. The molecule has 2 aromatic heterocycles. The number of carboxylic acid groups (broad SMARTS) is 1. The van der Waals surface area contributed by atoms with Crippen LogP contribution in [-0.2, 0) is 69.1 Å². The van der Waals surface area contributed by atoms with Crippen LogP contribution in [0.3, 0.4) is 0 Å². The molecule has 1 amide bonds. The highest BCUT2D eigenvalue weighted by molar-refractivity contribution is 7.86. The van der Waals surface area contributed by atoms with Gasteiger partial charge in [0.2, 0.25) is 11.6 Å². The summed E-state index contributed by atoms with van der Waals surface area (Å²) in [5, 5.41) is 16.1. The van der Waals surface area contributed by atoms with Crippen molar-refractivity contribution in [2.45, 2.75) is 112 Å². The monoisotopic (exact) mass is 1330 g/mol. The third-order valence-corrected chi connectivity index (χ3v) is 19.3. The number of anilines is 3. The van der Waals surface area contributed by atoms with Crippen LogP contribution in [-0.4, -0.2) is 130 Å². The van der Waals surface area contributed by atoms with E-state index in [0.29, 0.717) is 99.2 Å². The molecule has 482 valence electrons. The van der Waals surface area contributed by atoms with Gasteiger partial charge < -0.3 is 35.7 Å². The molecular weight excluding hydrogens is 1260 g/mol. The van der Waals surface area contributed by atoms with Crippen molar-refractivity contribution in [2.24, 2.45) is 0 Å². The zero-order valence-electron chi connectivity index (χ0n) is 49.8. The second kappa shape index (κ2) is 26.4. The summed E-state index contributed by atoms with van der Waals surface area (Å²) < 4.78 is 146. The standard InChI is InChI=1S/C61H67N9O17S4/c1-60(2)46-33-44(90(81,82)83)22-24-49(46)69(28-5-7-30-88(75,76)77)51(60)26-16-38-10-9-11-39(17-27-52-61(3,4)47-34-45(91(84,85)86)23-25-50(47)70(52)29-6-8-31-89(78,79)80)54(38)87-43-20-12-37(13-21-43)32-48(58(73)74)66-56(71)40-14-18-41(19-15-40)63-35-42-36-64-55-53(65-42)57(72)68-59(62)67-55/h12-27,33-34,36,48H,5-11,28-32,35H2,1-4H3,(H9-,62,63,64,66,67,68,71,72,73,74,75,76,77,78,79,80,81,82,83,84,85,86). The van der Waals surface area contributed by atoms with Crippen LogP contribution < -0.4 is 31.6 Å². The molecule has 4 heterocycles. The normalized spacial score (nSPS) is 17.0. The first-order valence-corrected chi connectivity index (χ1v) is 34.8. The molecule has 6 aromatic rings. The molecule has 0 spiro atoms. The largest absolute Gasteiger partial charge is 0.744 e. The van der Waals surface area contributed by atoms with Gasteiger partial charge in [0.1, 0.15) is 34.2 Å². The predicted octanol–water partition coefficient (Wildman–Crippen LogP) is 6.88. The van der Waals surface area contributed by atoms with Crippen molar-refractivity contribution in [1.82, 2.24) is 25.3 Å². The minimum Gasteiger partial charge on any atom is -0.744 e. The molecule has 1 unspecified atom stereocenters.